The molecule has 1 aromatic rings. The van der Waals surface area contributed by atoms with Crippen molar-refractivity contribution in [2.24, 2.45) is 23.3 Å². The minimum atomic E-state index is 0.340. The van der Waals surface area contributed by atoms with Gasteiger partial charge in [-0.2, -0.15) is 0 Å². The topological polar surface area (TPSA) is 52.0 Å². The molecule has 4 heteroatoms. The lowest BCUT2D eigenvalue weighted by Crippen LogP contribution is -2.30. The van der Waals surface area contributed by atoms with Gasteiger partial charge < -0.3 is 11.5 Å². The highest BCUT2D eigenvalue weighted by Crippen LogP contribution is 2.25. The van der Waals surface area contributed by atoms with Gasteiger partial charge in [0.2, 0.25) is 0 Å². The fourth-order valence-electron chi connectivity index (χ4n) is 1.76. The number of nitrogens with two attached hydrogens (primary N) is 2. The highest BCUT2D eigenvalue weighted by atomic mass is 35.5. The Balaban J connectivity index is 2.72. The van der Waals surface area contributed by atoms with Gasteiger partial charge in [0.25, 0.3) is 0 Å². The van der Waals surface area contributed by atoms with Crippen LogP contribution in [0.25, 0.3) is 0 Å². The van der Waals surface area contributed by atoms with Gasteiger partial charge in [0.1, 0.15) is 0 Å². The molecule has 0 fully saturated rings. The van der Waals surface area contributed by atoms with Crippen LogP contribution in [0.4, 0.5) is 0 Å². The number of rotatable bonds is 5. The first-order valence-electron chi connectivity index (χ1n) is 5.42. The zero-order valence-electron chi connectivity index (χ0n) is 9.42. The van der Waals surface area contributed by atoms with E-state index in [1.165, 1.54) is 0 Å². The standard InChI is InChI=1S/C12H18Cl2N2/c1-8(10(6-15)7-16)4-9-2-3-11(13)5-12(9)14/h2-3,5,8,10H,4,6-7,15-16H2,1H3. The van der Waals surface area contributed by atoms with Gasteiger partial charge in [-0.15, -0.1) is 0 Å². The largest absolute Gasteiger partial charge is 0.330 e. The van der Waals surface area contributed by atoms with Crippen molar-refractivity contribution in [2.75, 3.05) is 13.1 Å². The maximum Gasteiger partial charge on any atom is 0.0452 e. The molecule has 0 bridgehead atoms. The summed E-state index contributed by atoms with van der Waals surface area (Å²) in [6, 6.07) is 5.59. The van der Waals surface area contributed by atoms with E-state index in [9.17, 15) is 0 Å². The van der Waals surface area contributed by atoms with E-state index in [4.69, 9.17) is 34.7 Å². The van der Waals surface area contributed by atoms with Crippen molar-refractivity contribution in [1.29, 1.82) is 0 Å². The second-order valence-corrected chi connectivity index (χ2v) is 4.99. The molecule has 16 heavy (non-hydrogen) atoms. The van der Waals surface area contributed by atoms with Crippen LogP contribution in [0, 0.1) is 11.8 Å². The van der Waals surface area contributed by atoms with E-state index in [1.807, 2.05) is 12.1 Å². The summed E-state index contributed by atoms with van der Waals surface area (Å²) in [6.45, 7) is 3.38. The van der Waals surface area contributed by atoms with Crippen molar-refractivity contribution < 1.29 is 0 Å². The minimum absolute atomic E-state index is 0.340. The molecule has 0 heterocycles. The van der Waals surface area contributed by atoms with E-state index < -0.39 is 0 Å². The molecule has 4 N–H and O–H groups in total. The van der Waals surface area contributed by atoms with Crippen LogP contribution < -0.4 is 11.5 Å². The SMILES string of the molecule is CC(Cc1ccc(Cl)cc1Cl)C(CN)CN. The normalized spacial score (nSPS) is 13.1. The summed E-state index contributed by atoms with van der Waals surface area (Å²) in [4.78, 5) is 0. The second kappa shape index (κ2) is 6.45. The smallest absolute Gasteiger partial charge is 0.0452 e. The predicted molar refractivity (Wildman–Crippen MR) is 70.9 cm³/mol. The first-order chi connectivity index (χ1) is 7.58. The van der Waals surface area contributed by atoms with Gasteiger partial charge in [0.05, 0.1) is 0 Å². The van der Waals surface area contributed by atoms with Crippen LogP contribution in [0.1, 0.15) is 12.5 Å². The minimum Gasteiger partial charge on any atom is -0.330 e. The van der Waals surface area contributed by atoms with Crippen LogP contribution in [-0.2, 0) is 6.42 Å². The van der Waals surface area contributed by atoms with E-state index in [0.717, 1.165) is 12.0 Å². The van der Waals surface area contributed by atoms with Crippen LogP contribution in [0.3, 0.4) is 0 Å². The molecule has 90 valence electrons. The third-order valence-corrected chi connectivity index (χ3v) is 3.55. The molecule has 0 aliphatic heterocycles. The van der Waals surface area contributed by atoms with E-state index in [2.05, 4.69) is 6.92 Å². The summed E-state index contributed by atoms with van der Waals surface area (Å²) in [7, 11) is 0. The highest BCUT2D eigenvalue weighted by molar-refractivity contribution is 6.35. The lowest BCUT2D eigenvalue weighted by Gasteiger charge is -2.21. The fourth-order valence-corrected chi connectivity index (χ4v) is 2.25. The van der Waals surface area contributed by atoms with Gasteiger partial charge in [0.15, 0.2) is 0 Å². The van der Waals surface area contributed by atoms with E-state index >= 15 is 0 Å². The van der Waals surface area contributed by atoms with Crippen molar-refractivity contribution in [3.63, 3.8) is 0 Å². The summed E-state index contributed by atoms with van der Waals surface area (Å²) >= 11 is 12.0. The van der Waals surface area contributed by atoms with Gasteiger partial charge in [-0.3, -0.25) is 0 Å². The van der Waals surface area contributed by atoms with Crippen LogP contribution in [0.15, 0.2) is 18.2 Å². The molecular formula is C12H18Cl2N2. The molecule has 0 aliphatic rings. The molecule has 0 saturated carbocycles. The molecule has 1 atom stereocenters. The molecule has 0 aromatic heterocycles. The Morgan fingerprint density at radius 2 is 1.81 bits per heavy atom. The summed E-state index contributed by atoms with van der Waals surface area (Å²) < 4.78 is 0. The number of hydrogen-bond donors (Lipinski definition) is 2. The Bertz CT molecular complexity index is 338. The number of halogens is 2. The lowest BCUT2D eigenvalue weighted by atomic mass is 9.88. The van der Waals surface area contributed by atoms with E-state index in [-0.39, 0.29) is 0 Å². The van der Waals surface area contributed by atoms with E-state index in [1.54, 1.807) is 6.07 Å². The molecule has 1 rings (SSSR count). The molecule has 1 aromatic carbocycles. The van der Waals surface area contributed by atoms with Crippen LogP contribution >= 0.6 is 23.2 Å². The fraction of sp³-hybridized carbons (Fsp3) is 0.500. The summed E-state index contributed by atoms with van der Waals surface area (Å²) in [5.41, 5.74) is 12.4. The zero-order chi connectivity index (χ0) is 12.1. The van der Waals surface area contributed by atoms with Crippen molar-refractivity contribution in [3.8, 4) is 0 Å². The van der Waals surface area contributed by atoms with Gasteiger partial charge >= 0.3 is 0 Å². The van der Waals surface area contributed by atoms with Crippen molar-refractivity contribution in [1.82, 2.24) is 0 Å². The highest BCUT2D eigenvalue weighted by Gasteiger charge is 2.15. The van der Waals surface area contributed by atoms with Crippen LogP contribution in [-0.4, -0.2) is 13.1 Å². The van der Waals surface area contributed by atoms with Gasteiger partial charge in [-0.25, -0.2) is 0 Å². The quantitative estimate of drug-likeness (QED) is 0.856. The number of hydrogen-bond acceptors (Lipinski definition) is 2. The summed E-state index contributed by atoms with van der Waals surface area (Å²) in [6.07, 6.45) is 0.884. The molecule has 0 aliphatic carbocycles. The maximum atomic E-state index is 6.12. The first kappa shape index (κ1) is 13.8. The number of benzene rings is 1. The second-order valence-electron chi connectivity index (χ2n) is 4.15. The molecule has 2 nitrogen and oxygen atoms in total. The molecule has 0 saturated heterocycles. The average molecular weight is 261 g/mol. The zero-order valence-corrected chi connectivity index (χ0v) is 10.9. The first-order valence-corrected chi connectivity index (χ1v) is 6.18. The Morgan fingerprint density at radius 3 is 2.31 bits per heavy atom. The molecular weight excluding hydrogens is 243 g/mol. The van der Waals surface area contributed by atoms with Crippen LogP contribution in [0.2, 0.25) is 10.0 Å². The summed E-state index contributed by atoms with van der Waals surface area (Å²) in [5, 5.41) is 1.38. The Morgan fingerprint density at radius 1 is 1.19 bits per heavy atom. The van der Waals surface area contributed by atoms with Crippen molar-refractivity contribution in [3.05, 3.63) is 33.8 Å². The van der Waals surface area contributed by atoms with E-state index in [0.29, 0.717) is 35.0 Å². The Hall–Kier alpha value is -0.280. The maximum absolute atomic E-state index is 6.12. The predicted octanol–water partition coefficient (Wildman–Crippen LogP) is 2.71. The molecule has 0 spiro atoms. The molecule has 1 unspecified atom stereocenters. The Kier molecular flexibility index (Phi) is 5.56. The third kappa shape index (κ3) is 3.63. The van der Waals surface area contributed by atoms with Gasteiger partial charge in [-0.1, -0.05) is 36.2 Å². The van der Waals surface area contributed by atoms with Crippen molar-refractivity contribution >= 4 is 23.2 Å². The lowest BCUT2D eigenvalue weighted by molar-refractivity contribution is 0.372. The monoisotopic (exact) mass is 260 g/mol. The van der Waals surface area contributed by atoms with Crippen LogP contribution in [0.5, 0.6) is 0 Å². The molecule has 0 amide bonds. The average Bonchev–Trinajstić information content (AvgIpc) is 2.24. The van der Waals surface area contributed by atoms with Gasteiger partial charge in [-0.05, 0) is 49.0 Å². The van der Waals surface area contributed by atoms with Gasteiger partial charge in [0, 0.05) is 10.0 Å². The summed E-state index contributed by atoms with van der Waals surface area (Å²) in [5.74, 6) is 0.764. The molecule has 0 radical (unpaired) electrons. The third-order valence-electron chi connectivity index (χ3n) is 2.97. The van der Waals surface area contributed by atoms with Crippen molar-refractivity contribution in [2.45, 2.75) is 13.3 Å². The Labute approximate surface area is 107 Å².